The molecule has 1 aromatic heterocycles. The van der Waals surface area contributed by atoms with Gasteiger partial charge < -0.3 is 9.84 Å². The molecule has 0 spiro atoms. The Kier molecular flexibility index (Phi) is 6.01. The highest BCUT2D eigenvalue weighted by Crippen LogP contribution is 2.18. The second kappa shape index (κ2) is 8.43. The normalized spacial score (nSPS) is 12.4. The third kappa shape index (κ3) is 4.11. The summed E-state index contributed by atoms with van der Waals surface area (Å²) < 4.78 is 9.72. The van der Waals surface area contributed by atoms with E-state index in [1.54, 1.807) is 24.3 Å². The highest BCUT2D eigenvalue weighted by Gasteiger charge is 2.22. The number of aliphatic hydroxyl groups excluding tert-OH is 1. The van der Waals surface area contributed by atoms with Gasteiger partial charge in [0.1, 0.15) is 36.0 Å². The number of anilines is 1. The Morgan fingerprint density at radius 1 is 1.19 bits per heavy atom. The smallest absolute Gasteiger partial charge is 0.356 e. The molecular formula is C20H25ClN3O2+. The summed E-state index contributed by atoms with van der Waals surface area (Å²) in [5.74, 6) is 1.34. The minimum Gasteiger partial charge on any atom is -0.491 e. The molecule has 0 amide bonds. The fourth-order valence-corrected chi connectivity index (χ4v) is 3.17. The Bertz CT molecular complexity index is 861. The Labute approximate surface area is 158 Å². The topological polar surface area (TPSA) is 64.3 Å². The lowest BCUT2D eigenvalue weighted by Gasteiger charge is -2.12. The van der Waals surface area contributed by atoms with E-state index in [1.165, 1.54) is 0 Å². The number of nitrogens with zero attached hydrogens (tertiary/aromatic N) is 2. The summed E-state index contributed by atoms with van der Waals surface area (Å²) in [4.78, 5) is 0. The van der Waals surface area contributed by atoms with Crippen LogP contribution >= 0.6 is 11.6 Å². The first-order valence-corrected chi connectivity index (χ1v) is 9.31. The van der Waals surface area contributed by atoms with E-state index in [2.05, 4.69) is 17.6 Å². The highest BCUT2D eigenvalue weighted by atomic mass is 35.5. The fraction of sp³-hybridized carbons (Fsp3) is 0.350. The average Bonchev–Trinajstić information content (AvgIpc) is 2.91. The molecule has 0 aliphatic carbocycles. The molecule has 1 atom stereocenters. The number of aryl methyl sites for hydroxylation is 1. The monoisotopic (exact) mass is 374 g/mol. The van der Waals surface area contributed by atoms with E-state index in [0.717, 1.165) is 30.4 Å². The fourth-order valence-electron chi connectivity index (χ4n) is 3.04. The summed E-state index contributed by atoms with van der Waals surface area (Å²) >= 11 is 5.87. The standard InChI is InChI=1S/C20H24ClN3O2/c1-2-3-12-23-18-6-4-5-7-19(18)24(20(23)22)13-16(25)14-26-17-10-8-15(21)9-11-17/h4-11,16,22,25H,2-3,12-14H2,1H3/p+1/t16-/m0/s1. The molecule has 3 aromatic rings. The van der Waals surface area contributed by atoms with Gasteiger partial charge in [-0.1, -0.05) is 37.1 Å². The molecule has 0 fully saturated rings. The number of ether oxygens (including phenoxy) is 1. The molecule has 0 radical (unpaired) electrons. The lowest BCUT2D eigenvalue weighted by molar-refractivity contribution is -0.665. The van der Waals surface area contributed by atoms with Crippen LogP contribution in [-0.2, 0) is 13.1 Å². The molecule has 1 heterocycles. The summed E-state index contributed by atoms with van der Waals surface area (Å²) in [7, 11) is 0. The van der Waals surface area contributed by atoms with Crippen LogP contribution in [0.15, 0.2) is 48.5 Å². The number of benzene rings is 2. The molecule has 0 aliphatic rings. The van der Waals surface area contributed by atoms with Crippen molar-refractivity contribution < 1.29 is 14.4 Å². The summed E-state index contributed by atoms with van der Waals surface area (Å²) in [5, 5.41) is 11.1. The largest absolute Gasteiger partial charge is 0.491 e. The van der Waals surface area contributed by atoms with Gasteiger partial charge in [0.15, 0.2) is 0 Å². The number of aromatic nitrogens is 2. The number of halogens is 1. The zero-order chi connectivity index (χ0) is 18.5. The molecular weight excluding hydrogens is 350 g/mol. The summed E-state index contributed by atoms with van der Waals surface area (Å²) in [6.45, 7) is 3.59. The van der Waals surface area contributed by atoms with Crippen molar-refractivity contribution >= 4 is 28.6 Å². The van der Waals surface area contributed by atoms with Crippen LogP contribution in [-0.4, -0.2) is 22.4 Å². The van der Waals surface area contributed by atoms with E-state index in [-0.39, 0.29) is 6.61 Å². The number of rotatable bonds is 8. The van der Waals surface area contributed by atoms with E-state index >= 15 is 0 Å². The molecule has 26 heavy (non-hydrogen) atoms. The van der Waals surface area contributed by atoms with Crippen LogP contribution in [0, 0.1) is 0 Å². The SMILES string of the molecule is CCCCn1c(N)[n+](C[C@H](O)COc2ccc(Cl)cc2)c2ccccc21. The molecule has 0 saturated heterocycles. The number of aliphatic hydroxyl groups is 1. The van der Waals surface area contributed by atoms with Gasteiger partial charge in [-0.05, 0) is 42.8 Å². The van der Waals surface area contributed by atoms with Gasteiger partial charge in [0.2, 0.25) is 0 Å². The van der Waals surface area contributed by atoms with Crippen molar-refractivity contribution in [1.29, 1.82) is 0 Å². The van der Waals surface area contributed by atoms with Gasteiger partial charge in [0.05, 0.1) is 6.54 Å². The first-order chi connectivity index (χ1) is 12.6. The molecule has 0 aliphatic heterocycles. The number of hydrogen-bond donors (Lipinski definition) is 2. The van der Waals surface area contributed by atoms with Crippen LogP contribution in [0.5, 0.6) is 5.75 Å². The number of nitrogens with two attached hydrogens (primary N) is 1. The first-order valence-electron chi connectivity index (χ1n) is 8.93. The van der Waals surface area contributed by atoms with E-state index < -0.39 is 6.10 Å². The number of fused-ring (bicyclic) bond motifs is 1. The van der Waals surface area contributed by atoms with Crippen molar-refractivity contribution in [3.05, 3.63) is 53.6 Å². The van der Waals surface area contributed by atoms with E-state index in [1.807, 2.05) is 22.8 Å². The van der Waals surface area contributed by atoms with Crippen LogP contribution in [0.4, 0.5) is 5.95 Å². The van der Waals surface area contributed by atoms with Crippen molar-refractivity contribution in [2.24, 2.45) is 0 Å². The van der Waals surface area contributed by atoms with Crippen LogP contribution in [0.1, 0.15) is 19.8 Å². The lowest BCUT2D eigenvalue weighted by Crippen LogP contribution is -2.43. The van der Waals surface area contributed by atoms with Crippen molar-refractivity contribution in [1.82, 2.24) is 4.57 Å². The zero-order valence-electron chi connectivity index (χ0n) is 14.9. The predicted molar refractivity (Wildman–Crippen MR) is 104 cm³/mol. The Hall–Kier alpha value is -2.24. The number of nitrogen functional groups attached to an aromatic ring is 1. The summed E-state index contributed by atoms with van der Waals surface area (Å²) in [5.41, 5.74) is 8.50. The van der Waals surface area contributed by atoms with Gasteiger partial charge in [-0.2, -0.15) is 0 Å². The summed E-state index contributed by atoms with van der Waals surface area (Å²) in [6.07, 6.45) is 1.48. The second-order valence-electron chi connectivity index (χ2n) is 6.38. The average molecular weight is 375 g/mol. The highest BCUT2D eigenvalue weighted by molar-refractivity contribution is 6.30. The molecule has 2 aromatic carbocycles. The minimum absolute atomic E-state index is 0.183. The molecule has 138 valence electrons. The van der Waals surface area contributed by atoms with Gasteiger partial charge >= 0.3 is 5.95 Å². The maximum absolute atomic E-state index is 10.5. The van der Waals surface area contributed by atoms with E-state index in [9.17, 15) is 5.11 Å². The van der Waals surface area contributed by atoms with Crippen molar-refractivity contribution in [3.8, 4) is 5.75 Å². The number of hydrogen-bond acceptors (Lipinski definition) is 3. The van der Waals surface area contributed by atoms with Crippen LogP contribution in [0.2, 0.25) is 5.02 Å². The molecule has 0 saturated carbocycles. The van der Waals surface area contributed by atoms with Gasteiger partial charge in [-0.25, -0.2) is 9.13 Å². The van der Waals surface area contributed by atoms with Gasteiger partial charge in [-0.3, -0.25) is 5.73 Å². The van der Waals surface area contributed by atoms with Gasteiger partial charge in [0.25, 0.3) is 0 Å². The van der Waals surface area contributed by atoms with Crippen LogP contribution in [0.25, 0.3) is 11.0 Å². The maximum atomic E-state index is 10.5. The molecule has 5 nitrogen and oxygen atoms in total. The van der Waals surface area contributed by atoms with Gasteiger partial charge in [0, 0.05) is 5.02 Å². The van der Waals surface area contributed by atoms with Crippen LogP contribution < -0.4 is 15.0 Å². The maximum Gasteiger partial charge on any atom is 0.356 e. The van der Waals surface area contributed by atoms with E-state index in [0.29, 0.717) is 23.3 Å². The number of imidazole rings is 1. The number of para-hydroxylation sites is 2. The molecule has 3 rings (SSSR count). The Morgan fingerprint density at radius 2 is 1.92 bits per heavy atom. The second-order valence-corrected chi connectivity index (χ2v) is 6.82. The van der Waals surface area contributed by atoms with Crippen molar-refractivity contribution in [2.45, 2.75) is 39.0 Å². The molecule has 6 heteroatoms. The molecule has 0 unspecified atom stereocenters. The quantitative estimate of drug-likeness (QED) is 0.594. The zero-order valence-corrected chi connectivity index (χ0v) is 15.7. The van der Waals surface area contributed by atoms with E-state index in [4.69, 9.17) is 22.1 Å². The number of unbranched alkanes of at least 4 members (excludes halogenated alkanes) is 1. The van der Waals surface area contributed by atoms with Crippen molar-refractivity contribution in [2.75, 3.05) is 12.3 Å². The minimum atomic E-state index is -0.677. The molecule has 0 bridgehead atoms. The third-order valence-corrected chi connectivity index (χ3v) is 4.65. The summed E-state index contributed by atoms with van der Waals surface area (Å²) in [6, 6.07) is 15.2. The Morgan fingerprint density at radius 3 is 2.65 bits per heavy atom. The van der Waals surface area contributed by atoms with Crippen LogP contribution in [0.3, 0.4) is 0 Å². The Balaban J connectivity index is 1.75. The molecule has 3 N–H and O–H groups in total. The lowest BCUT2D eigenvalue weighted by atomic mass is 10.3. The van der Waals surface area contributed by atoms with Crippen molar-refractivity contribution in [3.63, 3.8) is 0 Å². The first kappa shape index (κ1) is 18.5. The van der Waals surface area contributed by atoms with Gasteiger partial charge in [-0.15, -0.1) is 0 Å². The third-order valence-electron chi connectivity index (χ3n) is 4.40. The predicted octanol–water partition coefficient (Wildman–Crippen LogP) is 3.40.